The highest BCUT2D eigenvalue weighted by Gasteiger charge is 2.26. The van der Waals surface area contributed by atoms with Crippen molar-refractivity contribution in [3.63, 3.8) is 0 Å². The molecule has 0 unspecified atom stereocenters. The molecule has 2 nitrogen and oxygen atoms in total. The van der Waals surface area contributed by atoms with Crippen LogP contribution >= 0.6 is 0 Å². The second-order valence-electron chi connectivity index (χ2n) is 2.94. The molecule has 5 heteroatoms. The highest BCUT2D eigenvalue weighted by Crippen LogP contribution is 2.26. The lowest BCUT2D eigenvalue weighted by atomic mass is 10.1. The Bertz CT molecular complexity index is 388. The van der Waals surface area contributed by atoms with E-state index >= 15 is 0 Å². The summed E-state index contributed by atoms with van der Waals surface area (Å²) in [5, 5.41) is 0. The number of carbonyl (C=O) groups excluding carboxylic acids is 1. The van der Waals surface area contributed by atoms with Gasteiger partial charge in [-0.05, 0) is 18.6 Å². The van der Waals surface area contributed by atoms with Crippen LogP contribution in [0.1, 0.15) is 15.9 Å². The maximum absolute atomic E-state index is 13.4. The number of halogens is 3. The van der Waals surface area contributed by atoms with Crippen molar-refractivity contribution in [3.8, 4) is 5.75 Å². The standard InChI is InChI=1S/C10H9F3O2/c1-5-3-4-6(15-2)7(8(5)11)9(14)10(12)13/h3-4,10H,1-2H3. The van der Waals surface area contributed by atoms with Gasteiger partial charge in [0.25, 0.3) is 0 Å². The number of hydrogen-bond acceptors (Lipinski definition) is 2. The molecule has 0 bridgehead atoms. The lowest BCUT2D eigenvalue weighted by Gasteiger charge is -2.09. The van der Waals surface area contributed by atoms with Gasteiger partial charge in [-0.25, -0.2) is 13.2 Å². The molecular weight excluding hydrogens is 209 g/mol. The van der Waals surface area contributed by atoms with Crippen molar-refractivity contribution < 1.29 is 22.7 Å². The van der Waals surface area contributed by atoms with Gasteiger partial charge in [-0.1, -0.05) is 6.07 Å². The first kappa shape index (κ1) is 11.6. The molecule has 0 atom stereocenters. The minimum Gasteiger partial charge on any atom is -0.496 e. The van der Waals surface area contributed by atoms with Crippen LogP contribution in [0.15, 0.2) is 12.1 Å². The number of ether oxygens (including phenoxy) is 1. The molecule has 0 radical (unpaired) electrons. The highest BCUT2D eigenvalue weighted by molar-refractivity contribution is 6.01. The highest BCUT2D eigenvalue weighted by atomic mass is 19.3. The molecule has 0 fully saturated rings. The van der Waals surface area contributed by atoms with Crippen LogP contribution < -0.4 is 4.74 Å². The van der Waals surface area contributed by atoms with Crippen LogP contribution in [0.5, 0.6) is 5.75 Å². The fourth-order valence-corrected chi connectivity index (χ4v) is 1.17. The van der Waals surface area contributed by atoms with E-state index in [9.17, 15) is 18.0 Å². The summed E-state index contributed by atoms with van der Waals surface area (Å²) in [6, 6.07) is 2.64. The third-order valence-corrected chi connectivity index (χ3v) is 1.96. The van der Waals surface area contributed by atoms with E-state index in [1.165, 1.54) is 26.2 Å². The molecule has 1 aromatic rings. The van der Waals surface area contributed by atoms with E-state index in [0.29, 0.717) is 0 Å². The van der Waals surface area contributed by atoms with Crippen LogP contribution in [0.2, 0.25) is 0 Å². The summed E-state index contributed by atoms with van der Waals surface area (Å²) in [4.78, 5) is 11.0. The van der Waals surface area contributed by atoms with Crippen molar-refractivity contribution in [1.29, 1.82) is 0 Å². The van der Waals surface area contributed by atoms with Gasteiger partial charge in [-0.2, -0.15) is 0 Å². The number of benzene rings is 1. The summed E-state index contributed by atoms with van der Waals surface area (Å²) < 4.78 is 42.4. The molecule has 82 valence electrons. The van der Waals surface area contributed by atoms with E-state index in [1.807, 2.05) is 0 Å². The normalized spacial score (nSPS) is 10.5. The summed E-state index contributed by atoms with van der Waals surface area (Å²) >= 11 is 0. The Kier molecular flexibility index (Phi) is 3.34. The predicted octanol–water partition coefficient (Wildman–Crippen LogP) is 2.59. The molecule has 0 aliphatic heterocycles. The number of carbonyl (C=O) groups is 1. The summed E-state index contributed by atoms with van der Waals surface area (Å²) in [6.45, 7) is 1.39. The zero-order chi connectivity index (χ0) is 11.6. The van der Waals surface area contributed by atoms with Gasteiger partial charge in [0.05, 0.1) is 7.11 Å². The lowest BCUT2D eigenvalue weighted by molar-refractivity contribution is 0.0670. The van der Waals surface area contributed by atoms with Crippen molar-refractivity contribution >= 4 is 5.78 Å². The van der Waals surface area contributed by atoms with Gasteiger partial charge in [-0.15, -0.1) is 0 Å². The van der Waals surface area contributed by atoms with Crippen LogP contribution in [0.4, 0.5) is 13.2 Å². The summed E-state index contributed by atoms with van der Waals surface area (Å²) in [5.74, 6) is -2.70. The van der Waals surface area contributed by atoms with E-state index in [4.69, 9.17) is 0 Å². The fraction of sp³-hybridized carbons (Fsp3) is 0.300. The zero-order valence-electron chi connectivity index (χ0n) is 8.18. The van der Waals surface area contributed by atoms with Gasteiger partial charge < -0.3 is 4.74 Å². The van der Waals surface area contributed by atoms with E-state index in [2.05, 4.69) is 4.74 Å². The number of ketones is 1. The van der Waals surface area contributed by atoms with Crippen molar-refractivity contribution in [2.24, 2.45) is 0 Å². The van der Waals surface area contributed by atoms with Crippen LogP contribution in [0, 0.1) is 12.7 Å². The second-order valence-corrected chi connectivity index (χ2v) is 2.94. The van der Waals surface area contributed by atoms with E-state index in [0.717, 1.165) is 0 Å². The first-order chi connectivity index (χ1) is 6.99. The average molecular weight is 218 g/mol. The maximum Gasteiger partial charge on any atom is 0.300 e. The Balaban J connectivity index is 3.36. The van der Waals surface area contributed by atoms with Gasteiger partial charge in [0, 0.05) is 0 Å². The minimum atomic E-state index is -3.24. The Morgan fingerprint density at radius 2 is 2.00 bits per heavy atom. The molecule has 0 saturated carbocycles. The van der Waals surface area contributed by atoms with Crippen LogP contribution in [-0.2, 0) is 0 Å². The zero-order valence-corrected chi connectivity index (χ0v) is 8.18. The molecule has 0 heterocycles. The number of hydrogen-bond donors (Lipinski definition) is 0. The first-order valence-electron chi connectivity index (χ1n) is 4.14. The summed E-state index contributed by atoms with van der Waals surface area (Å²) in [6.07, 6.45) is -3.24. The van der Waals surface area contributed by atoms with Crippen molar-refractivity contribution in [2.75, 3.05) is 7.11 Å². The molecule has 1 aromatic carbocycles. The number of methoxy groups -OCH3 is 1. The van der Waals surface area contributed by atoms with Gasteiger partial charge in [0.15, 0.2) is 0 Å². The van der Waals surface area contributed by atoms with Crippen molar-refractivity contribution in [1.82, 2.24) is 0 Å². The molecule has 15 heavy (non-hydrogen) atoms. The van der Waals surface area contributed by atoms with Crippen molar-refractivity contribution in [3.05, 3.63) is 29.1 Å². The largest absolute Gasteiger partial charge is 0.496 e. The number of alkyl halides is 2. The van der Waals surface area contributed by atoms with E-state index in [-0.39, 0.29) is 11.3 Å². The minimum absolute atomic E-state index is 0.125. The smallest absolute Gasteiger partial charge is 0.300 e. The van der Waals surface area contributed by atoms with Crippen molar-refractivity contribution in [2.45, 2.75) is 13.3 Å². The van der Waals surface area contributed by atoms with E-state index in [1.54, 1.807) is 0 Å². The molecule has 0 amide bonds. The average Bonchev–Trinajstić information content (AvgIpc) is 2.20. The van der Waals surface area contributed by atoms with E-state index < -0.39 is 23.6 Å². The van der Waals surface area contributed by atoms with Crippen LogP contribution in [0.3, 0.4) is 0 Å². The molecule has 0 aliphatic carbocycles. The molecule has 1 rings (SSSR count). The SMILES string of the molecule is COc1ccc(C)c(F)c1C(=O)C(F)F. The monoisotopic (exact) mass is 218 g/mol. The van der Waals surface area contributed by atoms with Crippen LogP contribution in [0.25, 0.3) is 0 Å². The van der Waals surface area contributed by atoms with Gasteiger partial charge in [0.1, 0.15) is 17.1 Å². The van der Waals surface area contributed by atoms with Gasteiger partial charge in [-0.3, -0.25) is 4.79 Å². The Labute approximate surface area is 84.7 Å². The Morgan fingerprint density at radius 3 is 2.47 bits per heavy atom. The third kappa shape index (κ3) is 2.11. The maximum atomic E-state index is 13.4. The molecule has 0 aliphatic rings. The predicted molar refractivity (Wildman–Crippen MR) is 48.0 cm³/mol. The molecular formula is C10H9F3O2. The number of Topliss-reactive ketones (excluding diaryl/α,β-unsaturated/α-hetero) is 1. The number of rotatable bonds is 3. The molecule has 0 spiro atoms. The third-order valence-electron chi connectivity index (χ3n) is 1.96. The summed E-state index contributed by atoms with van der Waals surface area (Å²) in [7, 11) is 1.19. The molecule has 0 aromatic heterocycles. The topological polar surface area (TPSA) is 26.3 Å². The Hall–Kier alpha value is -1.52. The van der Waals surface area contributed by atoms with Gasteiger partial charge in [0.2, 0.25) is 5.78 Å². The van der Waals surface area contributed by atoms with Gasteiger partial charge >= 0.3 is 6.43 Å². The molecule has 0 saturated heterocycles. The second kappa shape index (κ2) is 4.33. The van der Waals surface area contributed by atoms with Crippen LogP contribution in [-0.4, -0.2) is 19.3 Å². The molecule has 0 N–H and O–H groups in total. The fourth-order valence-electron chi connectivity index (χ4n) is 1.17. The number of aryl methyl sites for hydroxylation is 1. The first-order valence-corrected chi connectivity index (χ1v) is 4.14. The quantitative estimate of drug-likeness (QED) is 0.729. The Morgan fingerprint density at radius 1 is 1.40 bits per heavy atom. The lowest BCUT2D eigenvalue weighted by Crippen LogP contribution is -2.14. The summed E-state index contributed by atoms with van der Waals surface area (Å²) in [5.41, 5.74) is -0.563.